The second-order valence-electron chi connectivity index (χ2n) is 6.12. The largest absolute Gasteiger partial charge is 0.467 e. The first-order valence-electron chi connectivity index (χ1n) is 8.48. The first kappa shape index (κ1) is 18.3. The number of rotatable bonds is 7. The van der Waals surface area contributed by atoms with E-state index in [1.165, 1.54) is 11.9 Å². The molecule has 0 saturated heterocycles. The number of halogens is 1. The van der Waals surface area contributed by atoms with Crippen molar-refractivity contribution < 1.29 is 9.53 Å². The summed E-state index contributed by atoms with van der Waals surface area (Å²) >= 11 is 3.43. The fourth-order valence-electron chi connectivity index (χ4n) is 2.67. The molecule has 134 valence electrons. The first-order chi connectivity index (χ1) is 12.6. The average molecular weight is 414 g/mol. The molecule has 0 saturated carbocycles. The van der Waals surface area contributed by atoms with E-state index >= 15 is 0 Å². The van der Waals surface area contributed by atoms with Gasteiger partial charge in [-0.2, -0.15) is 0 Å². The summed E-state index contributed by atoms with van der Waals surface area (Å²) in [4.78, 5) is 20.5. The van der Waals surface area contributed by atoms with Gasteiger partial charge in [-0.15, -0.1) is 0 Å². The van der Waals surface area contributed by atoms with Crippen molar-refractivity contribution in [2.24, 2.45) is 0 Å². The van der Waals surface area contributed by atoms with E-state index in [-0.39, 0.29) is 18.6 Å². The molecule has 6 heteroatoms. The van der Waals surface area contributed by atoms with Crippen LogP contribution in [0.25, 0.3) is 10.9 Å². The van der Waals surface area contributed by atoms with Crippen molar-refractivity contribution in [2.45, 2.75) is 25.8 Å². The molecule has 26 heavy (non-hydrogen) atoms. The molecule has 1 atom stereocenters. The number of aromatic nitrogens is 2. The third kappa shape index (κ3) is 5.02. The Morgan fingerprint density at radius 2 is 2.00 bits per heavy atom. The van der Waals surface area contributed by atoms with E-state index in [4.69, 9.17) is 4.74 Å². The molecule has 5 nitrogen and oxygen atoms in total. The predicted octanol–water partition coefficient (Wildman–Crippen LogP) is 3.91. The van der Waals surface area contributed by atoms with E-state index < -0.39 is 0 Å². The summed E-state index contributed by atoms with van der Waals surface area (Å²) in [5.74, 6) is 0.246. The van der Waals surface area contributed by atoms with Crippen LogP contribution in [0.4, 0.5) is 0 Å². The third-order valence-corrected chi connectivity index (χ3v) is 4.51. The highest BCUT2D eigenvalue weighted by molar-refractivity contribution is 9.10. The Bertz CT molecular complexity index is 887. The van der Waals surface area contributed by atoms with Gasteiger partial charge in [0.25, 0.3) is 5.91 Å². The van der Waals surface area contributed by atoms with Crippen LogP contribution in [0.3, 0.4) is 0 Å². The van der Waals surface area contributed by atoms with Gasteiger partial charge in [0.1, 0.15) is 6.33 Å². The zero-order chi connectivity index (χ0) is 18.4. The summed E-state index contributed by atoms with van der Waals surface area (Å²) in [6.45, 7) is 1.92. The lowest BCUT2D eigenvalue weighted by molar-refractivity contribution is -0.123. The van der Waals surface area contributed by atoms with Crippen molar-refractivity contribution in [3.63, 3.8) is 0 Å². The topological polar surface area (TPSA) is 64.1 Å². The number of aryl methyl sites for hydroxylation is 1. The number of ether oxygens (including phenoxy) is 1. The number of hydrogen-bond donors (Lipinski definition) is 1. The van der Waals surface area contributed by atoms with Gasteiger partial charge in [0.2, 0.25) is 5.88 Å². The molecule has 0 aliphatic rings. The maximum absolute atomic E-state index is 12.2. The lowest BCUT2D eigenvalue weighted by atomic mass is 10.1. The van der Waals surface area contributed by atoms with Crippen LogP contribution in [0.5, 0.6) is 5.88 Å². The number of nitrogens with one attached hydrogen (secondary N) is 1. The highest BCUT2D eigenvalue weighted by atomic mass is 79.9. The number of hydrogen-bond acceptors (Lipinski definition) is 4. The van der Waals surface area contributed by atoms with Crippen LogP contribution in [-0.2, 0) is 11.2 Å². The Kier molecular flexibility index (Phi) is 6.17. The van der Waals surface area contributed by atoms with Crippen molar-refractivity contribution in [3.05, 3.63) is 64.9 Å². The molecule has 3 rings (SSSR count). The minimum Gasteiger partial charge on any atom is -0.467 e. The monoisotopic (exact) mass is 413 g/mol. The van der Waals surface area contributed by atoms with Crippen molar-refractivity contribution in [3.8, 4) is 5.88 Å². The fourth-order valence-corrected chi connectivity index (χ4v) is 3.03. The van der Waals surface area contributed by atoms with Gasteiger partial charge in [0, 0.05) is 10.5 Å². The SMILES string of the molecule is CC(CCc1ccccc1)NC(=O)COc1ncnc2ccc(Br)cc12. The van der Waals surface area contributed by atoms with E-state index in [0.29, 0.717) is 5.88 Å². The Morgan fingerprint density at radius 3 is 2.81 bits per heavy atom. The van der Waals surface area contributed by atoms with E-state index in [2.05, 4.69) is 43.3 Å². The van der Waals surface area contributed by atoms with Crippen molar-refractivity contribution in [1.29, 1.82) is 0 Å². The second-order valence-corrected chi connectivity index (χ2v) is 7.04. The Morgan fingerprint density at radius 1 is 1.19 bits per heavy atom. The van der Waals surface area contributed by atoms with Gasteiger partial charge in [0.05, 0.1) is 10.9 Å². The maximum atomic E-state index is 12.2. The molecular formula is C20H20BrN3O2. The number of amides is 1. The standard InChI is InChI=1S/C20H20BrN3O2/c1-14(7-8-15-5-3-2-4-6-15)24-19(25)12-26-20-17-11-16(21)9-10-18(17)22-13-23-20/h2-6,9-11,13-14H,7-8,12H2,1H3,(H,24,25). The zero-order valence-electron chi connectivity index (χ0n) is 14.5. The summed E-state index contributed by atoms with van der Waals surface area (Å²) < 4.78 is 6.52. The number of carbonyl (C=O) groups excluding carboxylic acids is 1. The van der Waals surface area contributed by atoms with Gasteiger partial charge >= 0.3 is 0 Å². The molecule has 1 amide bonds. The molecule has 3 aromatic rings. The summed E-state index contributed by atoms with van der Waals surface area (Å²) in [6.07, 6.45) is 3.23. The van der Waals surface area contributed by atoms with E-state index in [9.17, 15) is 4.79 Å². The number of fused-ring (bicyclic) bond motifs is 1. The number of benzene rings is 2. The fraction of sp³-hybridized carbons (Fsp3) is 0.250. The van der Waals surface area contributed by atoms with Gasteiger partial charge in [-0.05, 0) is 43.5 Å². The quantitative estimate of drug-likeness (QED) is 0.637. The summed E-state index contributed by atoms with van der Waals surface area (Å²) in [5, 5.41) is 3.73. The minimum atomic E-state index is -0.160. The molecule has 0 bridgehead atoms. The molecule has 1 heterocycles. The van der Waals surface area contributed by atoms with E-state index in [1.807, 2.05) is 43.3 Å². The first-order valence-corrected chi connectivity index (χ1v) is 9.27. The lowest BCUT2D eigenvalue weighted by Gasteiger charge is -2.14. The predicted molar refractivity (Wildman–Crippen MR) is 105 cm³/mol. The summed E-state index contributed by atoms with van der Waals surface area (Å²) in [6, 6.07) is 16.0. The molecule has 0 aliphatic carbocycles. The Balaban J connectivity index is 1.52. The molecule has 2 aromatic carbocycles. The molecule has 0 radical (unpaired) electrons. The Hall–Kier alpha value is -2.47. The molecule has 1 aromatic heterocycles. The highest BCUT2D eigenvalue weighted by Gasteiger charge is 2.11. The maximum Gasteiger partial charge on any atom is 0.258 e. The van der Waals surface area contributed by atoms with Crippen molar-refractivity contribution in [2.75, 3.05) is 6.61 Å². The molecular weight excluding hydrogens is 394 g/mol. The van der Waals surface area contributed by atoms with Crippen LogP contribution < -0.4 is 10.1 Å². The smallest absolute Gasteiger partial charge is 0.258 e. The van der Waals surface area contributed by atoms with Gasteiger partial charge in [-0.1, -0.05) is 46.3 Å². The van der Waals surface area contributed by atoms with Gasteiger partial charge < -0.3 is 10.1 Å². The minimum absolute atomic E-state index is 0.0718. The van der Waals surface area contributed by atoms with Gasteiger partial charge in [-0.3, -0.25) is 4.79 Å². The molecule has 0 spiro atoms. The summed E-state index contributed by atoms with van der Waals surface area (Å²) in [7, 11) is 0. The summed E-state index contributed by atoms with van der Waals surface area (Å²) in [5.41, 5.74) is 2.04. The molecule has 1 N–H and O–H groups in total. The van der Waals surface area contributed by atoms with Crippen LogP contribution in [0, 0.1) is 0 Å². The van der Waals surface area contributed by atoms with E-state index in [1.54, 1.807) is 0 Å². The lowest BCUT2D eigenvalue weighted by Crippen LogP contribution is -2.36. The van der Waals surface area contributed by atoms with Crippen LogP contribution >= 0.6 is 15.9 Å². The third-order valence-electron chi connectivity index (χ3n) is 4.02. The highest BCUT2D eigenvalue weighted by Crippen LogP contribution is 2.24. The Labute approximate surface area is 160 Å². The van der Waals surface area contributed by atoms with Crippen LogP contribution in [0.15, 0.2) is 59.3 Å². The van der Waals surface area contributed by atoms with Gasteiger partial charge in [-0.25, -0.2) is 9.97 Å². The molecule has 0 aliphatic heterocycles. The van der Waals surface area contributed by atoms with E-state index in [0.717, 1.165) is 28.2 Å². The van der Waals surface area contributed by atoms with Crippen LogP contribution in [-0.4, -0.2) is 28.5 Å². The molecule has 0 fully saturated rings. The van der Waals surface area contributed by atoms with Crippen molar-refractivity contribution in [1.82, 2.24) is 15.3 Å². The number of carbonyl (C=O) groups is 1. The van der Waals surface area contributed by atoms with Crippen molar-refractivity contribution >= 4 is 32.7 Å². The van der Waals surface area contributed by atoms with Gasteiger partial charge in [0.15, 0.2) is 6.61 Å². The zero-order valence-corrected chi connectivity index (χ0v) is 16.1. The second kappa shape index (κ2) is 8.76. The molecule has 1 unspecified atom stereocenters. The average Bonchev–Trinajstić information content (AvgIpc) is 2.65. The number of nitrogens with zero attached hydrogens (tertiary/aromatic N) is 2. The van der Waals surface area contributed by atoms with Crippen LogP contribution in [0.2, 0.25) is 0 Å². The normalized spacial score (nSPS) is 11.9. The van der Waals surface area contributed by atoms with Crippen LogP contribution in [0.1, 0.15) is 18.9 Å².